The second-order valence-corrected chi connectivity index (χ2v) is 17.4. The Labute approximate surface area is 392 Å². The lowest BCUT2D eigenvalue weighted by atomic mass is 10.0. The number of ether oxygens (including phenoxy) is 2. The van der Waals surface area contributed by atoms with E-state index in [1.165, 1.54) is 77.0 Å². The van der Waals surface area contributed by atoms with Gasteiger partial charge in [-0.3, -0.25) is 13.8 Å². The fourth-order valence-electron chi connectivity index (χ4n) is 6.31. The van der Waals surface area contributed by atoms with Gasteiger partial charge >= 0.3 is 13.8 Å². The molecule has 0 heterocycles. The van der Waals surface area contributed by atoms with Crippen LogP contribution in [0.25, 0.3) is 0 Å². The predicted molar refractivity (Wildman–Crippen MR) is 274 cm³/mol. The molecule has 8 nitrogen and oxygen atoms in total. The fraction of sp³-hybridized carbons (Fsp3) is 0.618. The Bertz CT molecular complexity index is 1390. The van der Waals surface area contributed by atoms with Crippen molar-refractivity contribution in [2.24, 2.45) is 5.73 Å². The molecule has 0 aliphatic heterocycles. The van der Waals surface area contributed by atoms with Crippen molar-refractivity contribution in [3.63, 3.8) is 0 Å². The summed E-state index contributed by atoms with van der Waals surface area (Å²) in [6.07, 6.45) is 71.1. The number of phosphoric ester groups is 1. The summed E-state index contributed by atoms with van der Waals surface area (Å²) in [5, 5.41) is 0. The minimum atomic E-state index is -4.31. The molecule has 364 valence electrons. The van der Waals surface area contributed by atoms with Gasteiger partial charge in [0.25, 0.3) is 0 Å². The lowest BCUT2D eigenvalue weighted by Gasteiger charge is -2.20. The molecule has 2 unspecified atom stereocenters. The molecule has 2 atom stereocenters. The molecule has 0 amide bonds. The van der Waals surface area contributed by atoms with E-state index in [1.54, 1.807) is 0 Å². The highest BCUT2D eigenvalue weighted by Gasteiger charge is 2.25. The van der Waals surface area contributed by atoms with E-state index in [0.29, 0.717) is 13.0 Å². The molecule has 0 saturated heterocycles. The SMILES string of the molecule is CC/C=C\C/C=C\C/C=C\C/C=C\C/C=C\C/C=C\CCC(=O)OC(COCCCCCCCCCCCCCCC/C=C\C/C=C\C/C=C\C/C=C\CC)COP(=O)(O)OCCN. The molecule has 0 aliphatic rings. The van der Waals surface area contributed by atoms with E-state index in [-0.39, 0.29) is 32.8 Å². The first-order chi connectivity index (χ1) is 31.4. The number of rotatable bonds is 46. The second kappa shape index (κ2) is 50.9. The summed E-state index contributed by atoms with van der Waals surface area (Å²) in [6, 6.07) is 0. The highest BCUT2D eigenvalue weighted by molar-refractivity contribution is 7.47. The third-order valence-corrected chi connectivity index (χ3v) is 10.9. The number of phosphoric acid groups is 1. The average molecular weight is 910 g/mol. The third-order valence-electron chi connectivity index (χ3n) is 9.89. The van der Waals surface area contributed by atoms with Crippen molar-refractivity contribution < 1.29 is 32.8 Å². The first-order valence-electron chi connectivity index (χ1n) is 25.0. The van der Waals surface area contributed by atoms with E-state index in [4.69, 9.17) is 24.3 Å². The van der Waals surface area contributed by atoms with Crippen LogP contribution in [-0.2, 0) is 27.9 Å². The third kappa shape index (κ3) is 49.9. The molecule has 0 spiro atoms. The standard InChI is InChI=1S/C55H92NO7P/c1-3-5-7-9-11-13-15-17-19-21-23-24-25-26-27-28-29-31-33-35-37-39-41-43-45-47-50-60-52-54(53-62-64(58,59)61-51-49-56)63-55(57)48-46-44-42-40-38-36-34-32-30-22-20-18-16-14-12-10-8-6-4-2/h5-8,11-14,17-20,23-24,30,32,36,38,42,44,54H,3-4,9-10,15-16,21-22,25-29,31,33-35,37,39-41,43,45-53,56H2,1-2H3,(H,58,59)/b7-5-,8-6-,13-11-,14-12-,19-17-,20-18-,24-23-,32-30-,38-36-,44-42-. The van der Waals surface area contributed by atoms with Crippen molar-refractivity contribution in [2.45, 2.75) is 187 Å². The number of carbonyl (C=O) groups excluding carboxylic acids is 1. The number of esters is 1. The molecule has 0 aromatic rings. The van der Waals surface area contributed by atoms with Gasteiger partial charge in [0, 0.05) is 19.6 Å². The van der Waals surface area contributed by atoms with E-state index in [0.717, 1.165) is 77.0 Å². The van der Waals surface area contributed by atoms with E-state index in [9.17, 15) is 14.3 Å². The normalized spacial score (nSPS) is 14.4. The van der Waals surface area contributed by atoms with Gasteiger partial charge in [-0.05, 0) is 89.9 Å². The van der Waals surface area contributed by atoms with Crippen LogP contribution in [-0.4, -0.2) is 49.9 Å². The zero-order chi connectivity index (χ0) is 46.5. The molecule has 0 saturated carbocycles. The van der Waals surface area contributed by atoms with Crippen molar-refractivity contribution in [3.05, 3.63) is 122 Å². The summed E-state index contributed by atoms with van der Waals surface area (Å²) in [4.78, 5) is 22.5. The number of hydrogen-bond donors (Lipinski definition) is 2. The Morgan fingerprint density at radius 2 is 0.828 bits per heavy atom. The summed E-state index contributed by atoms with van der Waals surface area (Å²) in [6.45, 7) is 4.57. The number of nitrogens with two attached hydrogens (primary N) is 1. The molecule has 0 rings (SSSR count). The summed E-state index contributed by atoms with van der Waals surface area (Å²) in [5.74, 6) is -0.416. The number of hydrogen-bond acceptors (Lipinski definition) is 7. The maximum absolute atomic E-state index is 12.6. The molecule has 9 heteroatoms. The molecule has 64 heavy (non-hydrogen) atoms. The molecular weight excluding hydrogens is 818 g/mol. The van der Waals surface area contributed by atoms with Crippen molar-refractivity contribution in [1.82, 2.24) is 0 Å². The fourth-order valence-corrected chi connectivity index (χ4v) is 7.07. The summed E-state index contributed by atoms with van der Waals surface area (Å²) >= 11 is 0. The Kier molecular flexibility index (Phi) is 48.4. The Balaban J connectivity index is 4.05. The van der Waals surface area contributed by atoms with Gasteiger partial charge < -0.3 is 20.1 Å². The van der Waals surface area contributed by atoms with E-state index < -0.39 is 19.9 Å². The van der Waals surface area contributed by atoms with Gasteiger partial charge in [-0.2, -0.15) is 0 Å². The van der Waals surface area contributed by atoms with Crippen LogP contribution in [0.1, 0.15) is 181 Å². The van der Waals surface area contributed by atoms with E-state index >= 15 is 0 Å². The van der Waals surface area contributed by atoms with Gasteiger partial charge in [-0.1, -0.05) is 206 Å². The van der Waals surface area contributed by atoms with Crippen molar-refractivity contribution in [3.8, 4) is 0 Å². The summed E-state index contributed by atoms with van der Waals surface area (Å²) in [7, 11) is -4.31. The minimum absolute atomic E-state index is 0.0772. The molecule has 0 aromatic carbocycles. The van der Waals surface area contributed by atoms with Crippen molar-refractivity contribution in [1.29, 1.82) is 0 Å². The number of allylic oxidation sites excluding steroid dienone is 20. The zero-order valence-corrected chi connectivity index (χ0v) is 41.4. The molecule has 0 bridgehead atoms. The molecule has 3 N–H and O–H groups in total. The second-order valence-electron chi connectivity index (χ2n) is 15.9. The first-order valence-corrected chi connectivity index (χ1v) is 26.5. The molecule has 0 radical (unpaired) electrons. The lowest BCUT2D eigenvalue weighted by Crippen LogP contribution is -2.28. The van der Waals surface area contributed by atoms with Crippen molar-refractivity contribution in [2.75, 3.05) is 33.0 Å². The maximum atomic E-state index is 12.6. The topological polar surface area (TPSA) is 117 Å². The first kappa shape index (κ1) is 60.9. The zero-order valence-electron chi connectivity index (χ0n) is 40.5. The Morgan fingerprint density at radius 3 is 1.23 bits per heavy atom. The van der Waals surface area contributed by atoms with Crippen LogP contribution < -0.4 is 5.73 Å². The van der Waals surface area contributed by atoms with Crippen LogP contribution in [0.3, 0.4) is 0 Å². The van der Waals surface area contributed by atoms with Gasteiger partial charge in [0.1, 0.15) is 6.10 Å². The lowest BCUT2D eigenvalue weighted by molar-refractivity contribution is -0.154. The van der Waals surface area contributed by atoms with Crippen molar-refractivity contribution >= 4 is 13.8 Å². The summed E-state index contributed by atoms with van der Waals surface area (Å²) in [5.41, 5.74) is 5.38. The largest absolute Gasteiger partial charge is 0.472 e. The minimum Gasteiger partial charge on any atom is -0.457 e. The average Bonchev–Trinajstić information content (AvgIpc) is 3.29. The van der Waals surface area contributed by atoms with Crippen LogP contribution in [0.2, 0.25) is 0 Å². The monoisotopic (exact) mass is 910 g/mol. The number of unbranched alkanes of at least 4 members (excludes halogenated alkanes) is 13. The quantitative estimate of drug-likeness (QED) is 0.0268. The van der Waals surface area contributed by atoms with Gasteiger partial charge in [0.2, 0.25) is 0 Å². The van der Waals surface area contributed by atoms with Gasteiger partial charge in [-0.25, -0.2) is 4.57 Å². The molecule has 0 aliphatic carbocycles. The molecule has 0 aromatic heterocycles. The molecular formula is C55H92NO7P. The van der Waals surface area contributed by atoms with E-state index in [2.05, 4.69) is 123 Å². The van der Waals surface area contributed by atoms with Crippen LogP contribution in [0.4, 0.5) is 0 Å². The van der Waals surface area contributed by atoms with Gasteiger partial charge in [0.05, 0.1) is 19.8 Å². The highest BCUT2D eigenvalue weighted by Crippen LogP contribution is 2.43. The van der Waals surface area contributed by atoms with Gasteiger partial charge in [0.15, 0.2) is 0 Å². The van der Waals surface area contributed by atoms with Crippen LogP contribution in [0.5, 0.6) is 0 Å². The number of carbonyl (C=O) groups is 1. The maximum Gasteiger partial charge on any atom is 0.472 e. The van der Waals surface area contributed by atoms with Gasteiger partial charge in [-0.15, -0.1) is 0 Å². The Morgan fingerprint density at radius 1 is 0.469 bits per heavy atom. The smallest absolute Gasteiger partial charge is 0.457 e. The highest BCUT2D eigenvalue weighted by atomic mass is 31.2. The summed E-state index contributed by atoms with van der Waals surface area (Å²) < 4.78 is 33.5. The molecule has 0 fully saturated rings. The predicted octanol–water partition coefficient (Wildman–Crippen LogP) is 15.8. The van der Waals surface area contributed by atoms with Crippen LogP contribution in [0.15, 0.2) is 122 Å². The Hall–Kier alpha value is -3.10. The van der Waals surface area contributed by atoms with Crippen LogP contribution >= 0.6 is 7.82 Å². The van der Waals surface area contributed by atoms with Crippen LogP contribution in [0, 0.1) is 0 Å². The van der Waals surface area contributed by atoms with E-state index in [1.807, 2.05) is 12.2 Å².